The highest BCUT2D eigenvalue weighted by atomic mass is 32.2. The fraction of sp³-hybridized carbons (Fsp3) is 0.409. The quantitative estimate of drug-likeness (QED) is 0.655. The van der Waals surface area contributed by atoms with Crippen LogP contribution in [0.5, 0.6) is 5.75 Å². The molecule has 0 unspecified atom stereocenters. The zero-order chi connectivity index (χ0) is 21.4. The molecular formula is C22H29N3O4S. The molecule has 1 N–H and O–H groups in total. The van der Waals surface area contributed by atoms with Gasteiger partial charge in [-0.3, -0.25) is 4.79 Å². The molecule has 0 spiro atoms. The number of methoxy groups -OCH3 is 1. The van der Waals surface area contributed by atoms with Crippen molar-refractivity contribution in [3.63, 3.8) is 0 Å². The van der Waals surface area contributed by atoms with E-state index in [-0.39, 0.29) is 23.9 Å². The Morgan fingerprint density at radius 2 is 1.73 bits per heavy atom. The van der Waals surface area contributed by atoms with Crippen LogP contribution in [0.3, 0.4) is 0 Å². The Kier molecular flexibility index (Phi) is 7.84. The van der Waals surface area contributed by atoms with Crippen LogP contribution in [0.1, 0.15) is 12.0 Å². The van der Waals surface area contributed by atoms with Crippen LogP contribution in [0.4, 0.5) is 0 Å². The maximum Gasteiger partial charge on any atom is 0.243 e. The smallest absolute Gasteiger partial charge is 0.243 e. The lowest BCUT2D eigenvalue weighted by molar-refractivity contribution is -0.131. The van der Waals surface area contributed by atoms with E-state index < -0.39 is 10.0 Å². The van der Waals surface area contributed by atoms with Crippen molar-refractivity contribution in [2.45, 2.75) is 17.7 Å². The first kappa shape index (κ1) is 22.3. The van der Waals surface area contributed by atoms with Gasteiger partial charge in [-0.25, -0.2) is 8.42 Å². The van der Waals surface area contributed by atoms with Crippen molar-refractivity contribution < 1.29 is 17.9 Å². The monoisotopic (exact) mass is 431 g/mol. The van der Waals surface area contributed by atoms with E-state index in [1.54, 1.807) is 17.0 Å². The van der Waals surface area contributed by atoms with Crippen LogP contribution >= 0.6 is 0 Å². The van der Waals surface area contributed by atoms with E-state index in [2.05, 4.69) is 5.32 Å². The first-order valence-electron chi connectivity index (χ1n) is 10.2. The molecule has 30 heavy (non-hydrogen) atoms. The van der Waals surface area contributed by atoms with Gasteiger partial charge in [0.15, 0.2) is 0 Å². The number of carbonyl (C=O) groups is 1. The predicted octanol–water partition coefficient (Wildman–Crippen LogP) is 1.75. The standard InChI is InChI=1S/C22H29N3O4S/c1-29-20-9-11-21(12-10-20)30(27,28)25(15-5-8-19-6-3-2-4-7-19)18-22(26)24-16-13-23-14-17-24/h2-4,6-7,9-12,23H,5,8,13-18H2,1H3. The summed E-state index contributed by atoms with van der Waals surface area (Å²) < 4.78 is 33.0. The Hall–Kier alpha value is -2.42. The molecule has 2 aromatic carbocycles. The number of piperazine rings is 1. The normalized spacial score (nSPS) is 14.7. The van der Waals surface area contributed by atoms with E-state index in [0.717, 1.165) is 25.1 Å². The highest BCUT2D eigenvalue weighted by Gasteiger charge is 2.28. The summed E-state index contributed by atoms with van der Waals surface area (Å²) in [5, 5.41) is 3.20. The van der Waals surface area contributed by atoms with Crippen molar-refractivity contribution >= 4 is 15.9 Å². The molecule has 0 bridgehead atoms. The number of nitrogens with zero attached hydrogens (tertiary/aromatic N) is 2. The molecule has 1 aliphatic heterocycles. The van der Waals surface area contributed by atoms with Gasteiger partial charge in [0.1, 0.15) is 5.75 Å². The molecule has 0 aliphatic carbocycles. The van der Waals surface area contributed by atoms with E-state index in [1.807, 2.05) is 30.3 Å². The van der Waals surface area contributed by atoms with Crippen molar-refractivity contribution in [2.24, 2.45) is 0 Å². The average molecular weight is 432 g/mol. The molecule has 0 aromatic heterocycles. The van der Waals surface area contributed by atoms with Gasteiger partial charge in [-0.1, -0.05) is 30.3 Å². The number of amides is 1. The molecule has 2 aromatic rings. The summed E-state index contributed by atoms with van der Waals surface area (Å²) in [5.41, 5.74) is 1.15. The van der Waals surface area contributed by atoms with Crippen molar-refractivity contribution in [2.75, 3.05) is 46.4 Å². The number of rotatable bonds is 9. The van der Waals surface area contributed by atoms with Crippen LogP contribution in [0.25, 0.3) is 0 Å². The van der Waals surface area contributed by atoms with E-state index in [1.165, 1.54) is 23.5 Å². The van der Waals surface area contributed by atoms with Gasteiger partial charge in [0.05, 0.1) is 18.6 Å². The number of aryl methyl sites for hydroxylation is 1. The fourth-order valence-electron chi connectivity index (χ4n) is 3.45. The summed E-state index contributed by atoms with van der Waals surface area (Å²) in [6, 6.07) is 16.2. The molecule has 0 radical (unpaired) electrons. The lowest BCUT2D eigenvalue weighted by atomic mass is 10.1. The third kappa shape index (κ3) is 5.81. The third-order valence-electron chi connectivity index (χ3n) is 5.19. The van der Waals surface area contributed by atoms with E-state index >= 15 is 0 Å². The van der Waals surface area contributed by atoms with Crippen molar-refractivity contribution in [1.29, 1.82) is 0 Å². The second-order valence-corrected chi connectivity index (χ2v) is 9.17. The Morgan fingerprint density at radius 1 is 1.07 bits per heavy atom. The molecule has 8 heteroatoms. The first-order chi connectivity index (χ1) is 14.5. The summed E-state index contributed by atoms with van der Waals surface area (Å²) in [7, 11) is -2.27. The molecule has 0 atom stereocenters. The lowest BCUT2D eigenvalue weighted by Gasteiger charge is -2.30. The SMILES string of the molecule is COc1ccc(S(=O)(=O)N(CCCc2ccccc2)CC(=O)N2CCNCC2)cc1. The van der Waals surface area contributed by atoms with E-state index in [9.17, 15) is 13.2 Å². The maximum atomic E-state index is 13.3. The van der Waals surface area contributed by atoms with Gasteiger partial charge in [0, 0.05) is 32.7 Å². The summed E-state index contributed by atoms with van der Waals surface area (Å²) >= 11 is 0. The van der Waals surface area contributed by atoms with Crippen LogP contribution in [0.2, 0.25) is 0 Å². The molecular weight excluding hydrogens is 402 g/mol. The van der Waals surface area contributed by atoms with Crippen molar-refractivity contribution in [3.05, 3.63) is 60.2 Å². The van der Waals surface area contributed by atoms with Gasteiger partial charge in [-0.15, -0.1) is 0 Å². The van der Waals surface area contributed by atoms with Crippen LogP contribution < -0.4 is 10.1 Å². The molecule has 162 valence electrons. The predicted molar refractivity (Wildman–Crippen MR) is 116 cm³/mol. The zero-order valence-electron chi connectivity index (χ0n) is 17.3. The summed E-state index contributed by atoms with van der Waals surface area (Å²) in [6.07, 6.45) is 1.38. The van der Waals surface area contributed by atoms with Gasteiger partial charge in [-0.2, -0.15) is 4.31 Å². The van der Waals surface area contributed by atoms with Crippen LogP contribution in [0.15, 0.2) is 59.5 Å². The molecule has 3 rings (SSSR count). The van der Waals surface area contributed by atoms with Gasteiger partial charge in [0.2, 0.25) is 15.9 Å². The molecule has 1 fully saturated rings. The molecule has 1 heterocycles. The molecule has 1 aliphatic rings. The summed E-state index contributed by atoms with van der Waals surface area (Å²) in [6.45, 7) is 2.78. The topological polar surface area (TPSA) is 79.0 Å². The minimum atomic E-state index is -3.80. The van der Waals surface area contributed by atoms with E-state index in [4.69, 9.17) is 4.74 Å². The minimum absolute atomic E-state index is 0.150. The van der Waals surface area contributed by atoms with Crippen LogP contribution in [0, 0.1) is 0 Å². The number of hydrogen-bond acceptors (Lipinski definition) is 5. The van der Waals surface area contributed by atoms with Crippen LogP contribution in [-0.2, 0) is 21.2 Å². The number of carbonyl (C=O) groups excluding carboxylic acids is 1. The van der Waals surface area contributed by atoms with Gasteiger partial charge in [-0.05, 0) is 42.7 Å². The lowest BCUT2D eigenvalue weighted by Crippen LogP contribution is -2.50. The maximum absolute atomic E-state index is 13.3. The highest BCUT2D eigenvalue weighted by molar-refractivity contribution is 7.89. The third-order valence-corrected chi connectivity index (χ3v) is 7.05. The zero-order valence-corrected chi connectivity index (χ0v) is 18.1. The average Bonchev–Trinajstić information content (AvgIpc) is 2.79. The number of hydrogen-bond donors (Lipinski definition) is 1. The summed E-state index contributed by atoms with van der Waals surface area (Å²) in [4.78, 5) is 14.7. The number of benzene rings is 2. The van der Waals surface area contributed by atoms with Crippen molar-refractivity contribution in [3.8, 4) is 5.75 Å². The molecule has 1 amide bonds. The van der Waals surface area contributed by atoms with Gasteiger partial charge < -0.3 is 15.0 Å². The number of nitrogens with one attached hydrogen (secondary N) is 1. The minimum Gasteiger partial charge on any atom is -0.497 e. The summed E-state index contributed by atoms with van der Waals surface area (Å²) in [5.74, 6) is 0.426. The Balaban J connectivity index is 1.74. The number of ether oxygens (including phenoxy) is 1. The second-order valence-electron chi connectivity index (χ2n) is 7.23. The highest BCUT2D eigenvalue weighted by Crippen LogP contribution is 2.20. The second kappa shape index (κ2) is 10.6. The number of sulfonamides is 1. The first-order valence-corrected chi connectivity index (χ1v) is 11.6. The Bertz CT molecular complexity index is 911. The Morgan fingerprint density at radius 3 is 2.37 bits per heavy atom. The van der Waals surface area contributed by atoms with Crippen LogP contribution in [-0.4, -0.2) is 69.9 Å². The Labute approximate surface area is 178 Å². The largest absolute Gasteiger partial charge is 0.497 e. The fourth-order valence-corrected chi connectivity index (χ4v) is 4.88. The molecule has 7 nitrogen and oxygen atoms in total. The molecule has 0 saturated carbocycles. The van der Waals surface area contributed by atoms with Gasteiger partial charge >= 0.3 is 0 Å². The van der Waals surface area contributed by atoms with E-state index in [0.29, 0.717) is 25.3 Å². The van der Waals surface area contributed by atoms with Gasteiger partial charge in [0.25, 0.3) is 0 Å². The molecule has 1 saturated heterocycles. The van der Waals surface area contributed by atoms with Crippen molar-refractivity contribution in [1.82, 2.24) is 14.5 Å².